The molecule has 2 atom stereocenters. The molecule has 0 N–H and O–H groups in total. The normalized spacial score (nSPS) is 20.8. The van der Waals surface area contributed by atoms with E-state index < -0.39 is 6.04 Å². The molecule has 0 fully saturated rings. The third kappa shape index (κ3) is 3.58. The molecule has 0 aromatic carbocycles. The number of esters is 1. The second kappa shape index (κ2) is 6.42. The van der Waals surface area contributed by atoms with E-state index in [2.05, 4.69) is 6.08 Å². The van der Waals surface area contributed by atoms with Gasteiger partial charge >= 0.3 is 5.97 Å². The minimum Gasteiger partial charge on any atom is -0.464 e. The summed E-state index contributed by atoms with van der Waals surface area (Å²) in [6.07, 6.45) is 6.72. The van der Waals surface area contributed by atoms with Gasteiger partial charge in [-0.05, 0) is 33.1 Å². The molecule has 0 aliphatic heterocycles. The summed E-state index contributed by atoms with van der Waals surface area (Å²) in [5.74, 6) is -0.286. The highest BCUT2D eigenvalue weighted by molar-refractivity contribution is 5.85. The predicted octanol–water partition coefficient (Wildman–Crippen LogP) is 1.75. The Morgan fingerprint density at radius 2 is 2.18 bits per heavy atom. The molecule has 1 rings (SSSR count). The molecule has 1 aliphatic carbocycles. The molecule has 0 saturated carbocycles. The van der Waals surface area contributed by atoms with Crippen molar-refractivity contribution in [1.82, 2.24) is 4.90 Å². The fraction of sp³-hybridized carbons (Fsp3) is 0.692. The third-order valence-electron chi connectivity index (χ3n) is 3.17. The quantitative estimate of drug-likeness (QED) is 0.554. The molecule has 0 bridgehead atoms. The molecule has 0 unspecified atom stereocenters. The van der Waals surface area contributed by atoms with Crippen molar-refractivity contribution in [1.29, 1.82) is 0 Å². The minimum absolute atomic E-state index is 0.0156. The van der Waals surface area contributed by atoms with Crippen molar-refractivity contribution < 1.29 is 14.3 Å². The topological polar surface area (TPSA) is 46.6 Å². The lowest BCUT2D eigenvalue weighted by Gasteiger charge is -2.28. The molecule has 1 aliphatic rings. The van der Waals surface area contributed by atoms with Gasteiger partial charge in [0.1, 0.15) is 6.04 Å². The van der Waals surface area contributed by atoms with Gasteiger partial charge < -0.3 is 9.64 Å². The van der Waals surface area contributed by atoms with Gasteiger partial charge in [-0.2, -0.15) is 0 Å². The SMILES string of the molecule is CCOC(=O)[C@H](C)N(C)C(=O)[C@H]1CC=CCC1. The molecule has 0 saturated heterocycles. The standard InChI is InChI=1S/C13H21NO3/c1-4-17-13(16)10(2)14(3)12(15)11-8-6-5-7-9-11/h5-6,10-11H,4,7-9H2,1-3H3/t10-,11-/m0/s1. The fourth-order valence-electron chi connectivity index (χ4n) is 1.92. The van der Waals surface area contributed by atoms with Gasteiger partial charge in [0.15, 0.2) is 0 Å². The molecule has 1 amide bonds. The van der Waals surface area contributed by atoms with Crippen molar-refractivity contribution in [3.05, 3.63) is 12.2 Å². The Hall–Kier alpha value is -1.32. The first-order chi connectivity index (χ1) is 8.07. The zero-order valence-corrected chi connectivity index (χ0v) is 10.8. The van der Waals surface area contributed by atoms with Crippen LogP contribution in [0, 0.1) is 5.92 Å². The van der Waals surface area contributed by atoms with Gasteiger partial charge in [0.25, 0.3) is 0 Å². The summed E-state index contributed by atoms with van der Waals surface area (Å²) >= 11 is 0. The van der Waals surface area contributed by atoms with Crippen molar-refractivity contribution in [2.24, 2.45) is 5.92 Å². The Morgan fingerprint density at radius 1 is 1.47 bits per heavy atom. The van der Waals surface area contributed by atoms with Gasteiger partial charge in [-0.25, -0.2) is 4.79 Å². The molecular formula is C13H21NO3. The van der Waals surface area contributed by atoms with Crippen LogP contribution in [-0.2, 0) is 14.3 Å². The lowest BCUT2D eigenvalue weighted by molar-refractivity contribution is -0.154. The highest BCUT2D eigenvalue weighted by atomic mass is 16.5. The molecular weight excluding hydrogens is 218 g/mol. The molecule has 0 aromatic rings. The minimum atomic E-state index is -0.506. The van der Waals surface area contributed by atoms with Crippen molar-refractivity contribution in [2.75, 3.05) is 13.7 Å². The maximum Gasteiger partial charge on any atom is 0.328 e. The average Bonchev–Trinajstić information content (AvgIpc) is 2.37. The summed E-state index contributed by atoms with van der Waals surface area (Å²) in [7, 11) is 1.67. The first-order valence-electron chi connectivity index (χ1n) is 6.16. The van der Waals surface area contributed by atoms with Crippen molar-refractivity contribution in [3.63, 3.8) is 0 Å². The lowest BCUT2D eigenvalue weighted by atomic mass is 9.93. The largest absolute Gasteiger partial charge is 0.464 e. The van der Waals surface area contributed by atoms with E-state index in [1.807, 2.05) is 6.08 Å². The van der Waals surface area contributed by atoms with Gasteiger partial charge in [-0.1, -0.05) is 12.2 Å². The monoisotopic (exact) mass is 239 g/mol. The van der Waals surface area contributed by atoms with Crippen LogP contribution in [0.3, 0.4) is 0 Å². The third-order valence-corrected chi connectivity index (χ3v) is 3.17. The number of carbonyl (C=O) groups is 2. The first kappa shape index (κ1) is 13.7. The molecule has 0 heterocycles. The number of ether oxygens (including phenoxy) is 1. The van der Waals surface area contributed by atoms with Gasteiger partial charge in [0, 0.05) is 13.0 Å². The smallest absolute Gasteiger partial charge is 0.328 e. The highest BCUT2D eigenvalue weighted by Gasteiger charge is 2.28. The number of nitrogens with zero attached hydrogens (tertiary/aromatic N) is 1. The van der Waals surface area contributed by atoms with E-state index in [0.29, 0.717) is 6.61 Å². The molecule has 4 heteroatoms. The summed E-state index contributed by atoms with van der Waals surface area (Å²) in [4.78, 5) is 25.2. The van der Waals surface area contributed by atoms with Gasteiger partial charge in [0.05, 0.1) is 6.61 Å². The molecule has 0 aromatic heterocycles. The van der Waals surface area contributed by atoms with Crippen LogP contribution in [0.1, 0.15) is 33.1 Å². The van der Waals surface area contributed by atoms with Crippen LogP contribution in [0.5, 0.6) is 0 Å². The van der Waals surface area contributed by atoms with Crippen LogP contribution in [0.15, 0.2) is 12.2 Å². The van der Waals surface area contributed by atoms with Crippen molar-refractivity contribution >= 4 is 11.9 Å². The number of rotatable bonds is 4. The Kier molecular flexibility index (Phi) is 5.19. The highest BCUT2D eigenvalue weighted by Crippen LogP contribution is 2.21. The maximum atomic E-state index is 12.1. The zero-order chi connectivity index (χ0) is 12.8. The summed E-state index contributed by atoms with van der Waals surface area (Å²) in [5.41, 5.74) is 0. The molecule has 17 heavy (non-hydrogen) atoms. The van der Waals surface area contributed by atoms with E-state index in [0.717, 1.165) is 19.3 Å². The van der Waals surface area contributed by atoms with E-state index in [4.69, 9.17) is 4.74 Å². The van der Waals surface area contributed by atoms with E-state index >= 15 is 0 Å². The number of hydrogen-bond acceptors (Lipinski definition) is 3. The van der Waals surface area contributed by atoms with Crippen LogP contribution in [0.25, 0.3) is 0 Å². The molecule has 96 valence electrons. The maximum absolute atomic E-state index is 12.1. The van der Waals surface area contributed by atoms with Gasteiger partial charge in [-0.3, -0.25) is 4.79 Å². The average molecular weight is 239 g/mol. The van der Waals surface area contributed by atoms with Gasteiger partial charge in [0.2, 0.25) is 5.91 Å². The summed E-state index contributed by atoms with van der Waals surface area (Å²) in [5, 5.41) is 0. The Balaban J connectivity index is 2.56. The van der Waals surface area contributed by atoms with E-state index in [1.54, 1.807) is 20.9 Å². The summed E-state index contributed by atoms with van der Waals surface area (Å²) < 4.78 is 4.92. The van der Waals surface area contributed by atoms with E-state index in [9.17, 15) is 9.59 Å². The van der Waals surface area contributed by atoms with Crippen LogP contribution in [0.2, 0.25) is 0 Å². The van der Waals surface area contributed by atoms with Crippen LogP contribution < -0.4 is 0 Å². The second-order valence-electron chi connectivity index (χ2n) is 4.36. The van der Waals surface area contributed by atoms with Crippen molar-refractivity contribution in [3.8, 4) is 0 Å². The summed E-state index contributed by atoms with van der Waals surface area (Å²) in [6.45, 7) is 3.81. The second-order valence-corrected chi connectivity index (χ2v) is 4.36. The number of hydrogen-bond donors (Lipinski definition) is 0. The molecule has 0 radical (unpaired) electrons. The summed E-state index contributed by atoms with van der Waals surface area (Å²) in [6, 6.07) is -0.506. The molecule has 0 spiro atoms. The Labute approximate surface area is 103 Å². The van der Waals surface area contributed by atoms with Crippen LogP contribution in [-0.4, -0.2) is 36.5 Å². The van der Waals surface area contributed by atoms with E-state index in [1.165, 1.54) is 4.90 Å². The lowest BCUT2D eigenvalue weighted by Crippen LogP contribution is -2.44. The number of carbonyl (C=O) groups excluding carboxylic acids is 2. The Morgan fingerprint density at radius 3 is 2.71 bits per heavy atom. The number of likely N-dealkylation sites (N-methyl/N-ethyl adjacent to an activating group) is 1. The van der Waals surface area contributed by atoms with E-state index in [-0.39, 0.29) is 17.8 Å². The predicted molar refractivity (Wildman–Crippen MR) is 65.3 cm³/mol. The Bertz CT molecular complexity index is 312. The molecule has 4 nitrogen and oxygen atoms in total. The van der Waals surface area contributed by atoms with Crippen LogP contribution in [0.4, 0.5) is 0 Å². The van der Waals surface area contributed by atoms with Crippen molar-refractivity contribution in [2.45, 2.75) is 39.2 Å². The first-order valence-corrected chi connectivity index (χ1v) is 6.16. The van der Waals surface area contributed by atoms with Crippen LogP contribution >= 0.6 is 0 Å². The number of allylic oxidation sites excluding steroid dienone is 2. The zero-order valence-electron chi connectivity index (χ0n) is 10.8. The number of amides is 1. The fourth-order valence-corrected chi connectivity index (χ4v) is 1.92. The van der Waals surface area contributed by atoms with Gasteiger partial charge in [-0.15, -0.1) is 0 Å².